The first-order valence-corrected chi connectivity index (χ1v) is 9.78. The zero-order chi connectivity index (χ0) is 16.4. The fraction of sp³-hybridized carbons (Fsp3) is 0.562. The molecule has 23 heavy (non-hydrogen) atoms. The molecule has 3 rings (SSSR count). The maximum Gasteiger partial charge on any atom is 0.236 e. The van der Waals surface area contributed by atoms with Gasteiger partial charge in [-0.05, 0) is 39.0 Å². The monoisotopic (exact) mass is 351 g/mol. The van der Waals surface area contributed by atoms with Gasteiger partial charge < -0.3 is 9.84 Å². The standard InChI is InChI=1S/C16H21N3O2S2/c1-9-4-5-13-14(6-9)23-16(17-13)18-15(20)8-22-7-12-10(2)19-21-11(12)3/h9H,4-8H2,1-3H3,(H,17,18,20). The van der Waals surface area contributed by atoms with Crippen molar-refractivity contribution in [3.8, 4) is 0 Å². The van der Waals surface area contributed by atoms with Crippen LogP contribution in [0, 0.1) is 19.8 Å². The van der Waals surface area contributed by atoms with E-state index in [-0.39, 0.29) is 5.91 Å². The highest BCUT2D eigenvalue weighted by Gasteiger charge is 2.20. The Labute approximate surface area is 144 Å². The summed E-state index contributed by atoms with van der Waals surface area (Å²) in [5.41, 5.74) is 3.16. The van der Waals surface area contributed by atoms with Crippen LogP contribution >= 0.6 is 23.1 Å². The summed E-state index contributed by atoms with van der Waals surface area (Å²) >= 11 is 3.19. The Balaban J connectivity index is 1.50. The number of nitrogens with zero attached hydrogens (tertiary/aromatic N) is 2. The van der Waals surface area contributed by atoms with Crippen molar-refractivity contribution in [2.75, 3.05) is 11.1 Å². The fourth-order valence-corrected chi connectivity index (χ4v) is 4.87. The van der Waals surface area contributed by atoms with E-state index < -0.39 is 0 Å². The third-order valence-electron chi connectivity index (χ3n) is 4.09. The molecule has 2 aromatic rings. The molecule has 0 aliphatic heterocycles. The van der Waals surface area contributed by atoms with Crippen molar-refractivity contribution in [3.05, 3.63) is 27.6 Å². The van der Waals surface area contributed by atoms with Crippen LogP contribution in [-0.4, -0.2) is 21.8 Å². The van der Waals surface area contributed by atoms with Crippen molar-refractivity contribution < 1.29 is 9.32 Å². The van der Waals surface area contributed by atoms with Gasteiger partial charge in [0.25, 0.3) is 0 Å². The van der Waals surface area contributed by atoms with Gasteiger partial charge in [-0.25, -0.2) is 4.98 Å². The van der Waals surface area contributed by atoms with Crippen molar-refractivity contribution >= 4 is 34.1 Å². The van der Waals surface area contributed by atoms with Gasteiger partial charge in [-0.2, -0.15) is 0 Å². The molecule has 0 bridgehead atoms. The number of rotatable bonds is 5. The molecule has 1 atom stereocenters. The molecular formula is C16H21N3O2S2. The lowest BCUT2D eigenvalue weighted by molar-refractivity contribution is -0.113. The first kappa shape index (κ1) is 16.5. The Bertz CT molecular complexity index is 689. The number of anilines is 1. The van der Waals surface area contributed by atoms with Crippen molar-refractivity contribution in [2.45, 2.75) is 45.8 Å². The summed E-state index contributed by atoms with van der Waals surface area (Å²) in [5, 5.41) is 7.60. The average molecular weight is 351 g/mol. The number of fused-ring (bicyclic) bond motifs is 1. The van der Waals surface area contributed by atoms with E-state index in [4.69, 9.17) is 4.52 Å². The molecule has 5 nitrogen and oxygen atoms in total. The SMILES string of the molecule is Cc1noc(C)c1CSCC(=O)Nc1nc2c(s1)CC(C)CC2. The highest BCUT2D eigenvalue weighted by Crippen LogP contribution is 2.32. The second kappa shape index (κ2) is 7.05. The van der Waals surface area contributed by atoms with Crippen molar-refractivity contribution in [3.63, 3.8) is 0 Å². The Morgan fingerprint density at radius 3 is 3.04 bits per heavy atom. The largest absolute Gasteiger partial charge is 0.361 e. The minimum absolute atomic E-state index is 0.000839. The van der Waals surface area contributed by atoms with E-state index in [0.29, 0.717) is 5.75 Å². The minimum atomic E-state index is 0.000839. The van der Waals surface area contributed by atoms with Crippen LogP contribution in [0.3, 0.4) is 0 Å². The highest BCUT2D eigenvalue weighted by atomic mass is 32.2. The van der Waals surface area contributed by atoms with E-state index >= 15 is 0 Å². The van der Waals surface area contributed by atoms with E-state index in [1.54, 1.807) is 23.1 Å². The van der Waals surface area contributed by atoms with Crippen LogP contribution in [-0.2, 0) is 23.4 Å². The molecule has 0 fully saturated rings. The first-order chi connectivity index (χ1) is 11.0. The lowest BCUT2D eigenvalue weighted by atomic mass is 9.93. The first-order valence-electron chi connectivity index (χ1n) is 7.81. The normalized spacial score (nSPS) is 17.1. The molecule has 0 saturated carbocycles. The summed E-state index contributed by atoms with van der Waals surface area (Å²) in [5.74, 6) is 2.70. The minimum Gasteiger partial charge on any atom is -0.361 e. The summed E-state index contributed by atoms with van der Waals surface area (Å²) in [6.07, 6.45) is 3.31. The van der Waals surface area contributed by atoms with Crippen LogP contribution in [0.15, 0.2) is 4.52 Å². The molecule has 124 valence electrons. The number of aromatic nitrogens is 2. The van der Waals surface area contributed by atoms with E-state index in [0.717, 1.165) is 46.7 Å². The number of hydrogen-bond donors (Lipinski definition) is 1. The summed E-state index contributed by atoms with van der Waals surface area (Å²) in [7, 11) is 0. The summed E-state index contributed by atoms with van der Waals surface area (Å²) in [4.78, 5) is 18.0. The van der Waals surface area contributed by atoms with Gasteiger partial charge >= 0.3 is 0 Å². The maximum atomic E-state index is 12.1. The third kappa shape index (κ3) is 3.95. The lowest BCUT2D eigenvalue weighted by Gasteiger charge is -2.15. The van der Waals surface area contributed by atoms with Gasteiger partial charge in [-0.1, -0.05) is 12.1 Å². The van der Waals surface area contributed by atoms with Crippen LogP contribution in [0.4, 0.5) is 5.13 Å². The van der Waals surface area contributed by atoms with Crippen LogP contribution < -0.4 is 5.32 Å². The zero-order valence-electron chi connectivity index (χ0n) is 13.6. The number of aryl methyl sites for hydroxylation is 3. The molecule has 2 heterocycles. The Kier molecular flexibility index (Phi) is 5.06. The molecule has 2 aromatic heterocycles. The third-order valence-corrected chi connectivity index (χ3v) is 6.09. The van der Waals surface area contributed by atoms with Gasteiger partial charge in [-0.3, -0.25) is 4.79 Å². The van der Waals surface area contributed by atoms with Crippen LogP contribution in [0.1, 0.15) is 40.9 Å². The van der Waals surface area contributed by atoms with Gasteiger partial charge in [0.2, 0.25) is 5.91 Å². The molecule has 1 unspecified atom stereocenters. The van der Waals surface area contributed by atoms with E-state index in [1.807, 2.05) is 13.8 Å². The molecule has 0 saturated heterocycles. The number of carbonyl (C=O) groups is 1. The van der Waals surface area contributed by atoms with Crippen LogP contribution in [0.25, 0.3) is 0 Å². The molecule has 1 amide bonds. The summed E-state index contributed by atoms with van der Waals surface area (Å²) in [6, 6.07) is 0. The molecule has 0 aromatic carbocycles. The molecule has 7 heteroatoms. The average Bonchev–Trinajstić information content (AvgIpc) is 3.03. The van der Waals surface area contributed by atoms with Crippen LogP contribution in [0.5, 0.6) is 0 Å². The predicted molar refractivity (Wildman–Crippen MR) is 94.1 cm³/mol. The van der Waals surface area contributed by atoms with E-state index in [9.17, 15) is 4.79 Å². The summed E-state index contributed by atoms with van der Waals surface area (Å²) in [6.45, 7) is 6.09. The molecule has 0 spiro atoms. The Hall–Kier alpha value is -1.34. The Morgan fingerprint density at radius 1 is 1.48 bits per heavy atom. The summed E-state index contributed by atoms with van der Waals surface area (Å²) < 4.78 is 5.13. The number of thiazole rings is 1. The quantitative estimate of drug-likeness (QED) is 0.888. The fourth-order valence-electron chi connectivity index (χ4n) is 2.70. The van der Waals surface area contributed by atoms with Crippen molar-refractivity contribution in [1.82, 2.24) is 10.1 Å². The van der Waals surface area contributed by atoms with E-state index in [1.165, 1.54) is 17.0 Å². The van der Waals surface area contributed by atoms with Crippen molar-refractivity contribution in [2.24, 2.45) is 5.92 Å². The van der Waals surface area contributed by atoms with Gasteiger partial charge in [0, 0.05) is 16.2 Å². The van der Waals surface area contributed by atoms with Crippen molar-refractivity contribution in [1.29, 1.82) is 0 Å². The highest BCUT2D eigenvalue weighted by molar-refractivity contribution is 7.99. The smallest absolute Gasteiger partial charge is 0.236 e. The number of thioether (sulfide) groups is 1. The van der Waals surface area contributed by atoms with Crippen LogP contribution in [0.2, 0.25) is 0 Å². The second-order valence-electron chi connectivity index (χ2n) is 6.08. The number of hydrogen-bond acceptors (Lipinski definition) is 6. The van der Waals surface area contributed by atoms with Gasteiger partial charge in [0.05, 0.1) is 17.1 Å². The van der Waals surface area contributed by atoms with Gasteiger partial charge in [-0.15, -0.1) is 23.1 Å². The lowest BCUT2D eigenvalue weighted by Crippen LogP contribution is -2.14. The number of amides is 1. The molecule has 1 aliphatic rings. The predicted octanol–water partition coefficient (Wildman–Crippen LogP) is 3.74. The van der Waals surface area contributed by atoms with Gasteiger partial charge in [0.15, 0.2) is 5.13 Å². The Morgan fingerprint density at radius 2 is 2.30 bits per heavy atom. The zero-order valence-corrected chi connectivity index (χ0v) is 15.3. The molecule has 1 N–H and O–H groups in total. The number of nitrogens with one attached hydrogen (secondary N) is 1. The molecule has 1 aliphatic carbocycles. The molecular weight excluding hydrogens is 330 g/mol. The molecule has 0 radical (unpaired) electrons. The van der Waals surface area contributed by atoms with E-state index in [2.05, 4.69) is 22.4 Å². The van der Waals surface area contributed by atoms with Gasteiger partial charge in [0.1, 0.15) is 5.76 Å². The second-order valence-corrected chi connectivity index (χ2v) is 8.15. The number of carbonyl (C=O) groups excluding carboxylic acids is 1. The topological polar surface area (TPSA) is 68.0 Å². The maximum absolute atomic E-state index is 12.1.